The van der Waals surface area contributed by atoms with Crippen LogP contribution in [0, 0.1) is 0 Å². The fourth-order valence-electron chi connectivity index (χ4n) is 2.08. The summed E-state index contributed by atoms with van der Waals surface area (Å²) in [4.78, 5) is 14.3. The minimum atomic E-state index is 0.0978. The Kier molecular flexibility index (Phi) is 3.85. The zero-order valence-electron chi connectivity index (χ0n) is 11.0. The van der Waals surface area contributed by atoms with Crippen LogP contribution >= 0.6 is 11.8 Å². The second kappa shape index (κ2) is 5.22. The lowest BCUT2D eigenvalue weighted by atomic mass is 10.1. The first-order valence-electron chi connectivity index (χ1n) is 6.27. The van der Waals surface area contributed by atoms with Gasteiger partial charge in [-0.05, 0) is 24.6 Å². The van der Waals surface area contributed by atoms with E-state index >= 15 is 0 Å². The lowest BCUT2D eigenvalue weighted by Gasteiger charge is -2.22. The van der Waals surface area contributed by atoms with Crippen molar-refractivity contribution in [3.8, 4) is 0 Å². The molecule has 1 heterocycles. The second-order valence-electron chi connectivity index (χ2n) is 5.28. The molecule has 1 aliphatic rings. The Morgan fingerprint density at radius 3 is 2.89 bits per heavy atom. The van der Waals surface area contributed by atoms with E-state index in [1.165, 1.54) is 0 Å². The number of nitrogen functional groups attached to an aromatic ring is 1. The monoisotopic (exact) mass is 264 g/mol. The fraction of sp³-hybridized carbons (Fsp3) is 0.500. The van der Waals surface area contributed by atoms with Gasteiger partial charge in [0.05, 0.1) is 0 Å². The van der Waals surface area contributed by atoms with Gasteiger partial charge in [0, 0.05) is 34.8 Å². The molecule has 2 N–H and O–H groups in total. The molecule has 98 valence electrons. The van der Waals surface area contributed by atoms with Crippen molar-refractivity contribution in [3.05, 3.63) is 29.8 Å². The summed E-state index contributed by atoms with van der Waals surface area (Å²) in [5, 5.41) is 0. The van der Waals surface area contributed by atoms with Gasteiger partial charge in [0.15, 0.2) is 0 Å². The molecule has 1 amide bonds. The molecule has 0 saturated carbocycles. The van der Waals surface area contributed by atoms with E-state index in [1.807, 2.05) is 28.8 Å². The van der Waals surface area contributed by atoms with E-state index in [2.05, 4.69) is 13.8 Å². The Hall–Kier alpha value is -1.16. The average Bonchev–Trinajstić information content (AvgIpc) is 2.49. The van der Waals surface area contributed by atoms with E-state index in [4.69, 9.17) is 5.73 Å². The van der Waals surface area contributed by atoms with E-state index in [9.17, 15) is 4.79 Å². The van der Waals surface area contributed by atoms with Gasteiger partial charge in [0.25, 0.3) is 5.91 Å². The fourth-order valence-corrected chi connectivity index (χ4v) is 3.18. The van der Waals surface area contributed by atoms with Gasteiger partial charge < -0.3 is 10.6 Å². The van der Waals surface area contributed by atoms with Crippen LogP contribution in [0.1, 0.15) is 30.6 Å². The van der Waals surface area contributed by atoms with Gasteiger partial charge in [-0.25, -0.2) is 0 Å². The summed E-state index contributed by atoms with van der Waals surface area (Å²) >= 11 is 1.94. The molecule has 0 atom stereocenters. The van der Waals surface area contributed by atoms with E-state index < -0.39 is 0 Å². The highest BCUT2D eigenvalue weighted by Crippen LogP contribution is 2.31. The van der Waals surface area contributed by atoms with Crippen molar-refractivity contribution in [3.63, 3.8) is 0 Å². The molecule has 0 radical (unpaired) electrons. The highest BCUT2D eigenvalue weighted by atomic mass is 32.2. The van der Waals surface area contributed by atoms with Crippen LogP contribution in [0.4, 0.5) is 5.69 Å². The summed E-state index contributed by atoms with van der Waals surface area (Å²) in [7, 11) is 0. The van der Waals surface area contributed by atoms with Crippen molar-refractivity contribution in [2.45, 2.75) is 25.0 Å². The molecule has 1 fully saturated rings. The van der Waals surface area contributed by atoms with Crippen molar-refractivity contribution in [1.29, 1.82) is 0 Å². The summed E-state index contributed by atoms with van der Waals surface area (Å²) in [5.41, 5.74) is 7.06. The highest BCUT2D eigenvalue weighted by molar-refractivity contribution is 8.00. The Morgan fingerprint density at radius 2 is 2.17 bits per heavy atom. The highest BCUT2D eigenvalue weighted by Gasteiger charge is 2.26. The van der Waals surface area contributed by atoms with Crippen LogP contribution in [0.25, 0.3) is 0 Å². The molecular weight excluding hydrogens is 244 g/mol. The van der Waals surface area contributed by atoms with Gasteiger partial charge in [-0.3, -0.25) is 4.79 Å². The van der Waals surface area contributed by atoms with Crippen LogP contribution < -0.4 is 5.73 Å². The maximum atomic E-state index is 12.4. The van der Waals surface area contributed by atoms with Crippen LogP contribution in [0.2, 0.25) is 0 Å². The average molecular weight is 264 g/mol. The van der Waals surface area contributed by atoms with Gasteiger partial charge in [0.1, 0.15) is 0 Å². The number of nitrogens with zero attached hydrogens (tertiary/aromatic N) is 1. The molecule has 0 spiro atoms. The van der Waals surface area contributed by atoms with E-state index in [0.29, 0.717) is 11.3 Å². The SMILES string of the molecule is CC1(C)CCN(C(=O)c2cccc(N)c2)CCS1. The maximum Gasteiger partial charge on any atom is 0.253 e. The molecule has 3 nitrogen and oxygen atoms in total. The number of carbonyl (C=O) groups excluding carboxylic acids is 1. The normalized spacial score (nSPS) is 19.3. The molecule has 1 aromatic rings. The van der Waals surface area contributed by atoms with Crippen LogP contribution in [0.15, 0.2) is 24.3 Å². The van der Waals surface area contributed by atoms with E-state index in [-0.39, 0.29) is 10.7 Å². The van der Waals surface area contributed by atoms with E-state index in [0.717, 1.165) is 25.3 Å². The first-order valence-corrected chi connectivity index (χ1v) is 7.25. The van der Waals surface area contributed by atoms with Crippen LogP contribution in [-0.2, 0) is 0 Å². The zero-order valence-corrected chi connectivity index (χ0v) is 11.8. The molecule has 1 saturated heterocycles. The Balaban J connectivity index is 2.10. The third-order valence-corrected chi connectivity index (χ3v) is 4.63. The summed E-state index contributed by atoms with van der Waals surface area (Å²) in [5.74, 6) is 1.10. The van der Waals surface area contributed by atoms with Crippen LogP contribution in [-0.4, -0.2) is 34.4 Å². The number of hydrogen-bond acceptors (Lipinski definition) is 3. The van der Waals surface area contributed by atoms with Crippen molar-refractivity contribution in [2.75, 3.05) is 24.6 Å². The number of benzene rings is 1. The third-order valence-electron chi connectivity index (χ3n) is 3.26. The molecular formula is C14H20N2OS. The van der Waals surface area contributed by atoms with Crippen molar-refractivity contribution in [1.82, 2.24) is 4.90 Å². The number of carbonyl (C=O) groups is 1. The minimum Gasteiger partial charge on any atom is -0.399 e. The Morgan fingerprint density at radius 1 is 1.39 bits per heavy atom. The van der Waals surface area contributed by atoms with Crippen molar-refractivity contribution < 1.29 is 4.79 Å². The number of rotatable bonds is 1. The quantitative estimate of drug-likeness (QED) is 0.793. The van der Waals surface area contributed by atoms with Gasteiger partial charge >= 0.3 is 0 Å². The van der Waals surface area contributed by atoms with Crippen molar-refractivity contribution in [2.24, 2.45) is 0 Å². The molecule has 4 heteroatoms. The number of amides is 1. The first kappa shape index (κ1) is 13.3. The molecule has 0 aliphatic carbocycles. The predicted molar refractivity (Wildman–Crippen MR) is 77.9 cm³/mol. The standard InChI is InChI=1S/C14H20N2OS/c1-14(2)6-7-16(8-9-18-14)13(17)11-4-3-5-12(15)10-11/h3-5,10H,6-9,15H2,1-2H3. The summed E-state index contributed by atoms with van der Waals surface area (Å²) < 4.78 is 0.269. The summed E-state index contributed by atoms with van der Waals surface area (Å²) in [6, 6.07) is 7.23. The van der Waals surface area contributed by atoms with Crippen molar-refractivity contribution >= 4 is 23.4 Å². The minimum absolute atomic E-state index is 0.0978. The largest absolute Gasteiger partial charge is 0.399 e. The van der Waals surface area contributed by atoms with Gasteiger partial charge in [-0.15, -0.1) is 0 Å². The first-order chi connectivity index (χ1) is 8.48. The van der Waals surface area contributed by atoms with Gasteiger partial charge in [-0.1, -0.05) is 19.9 Å². The molecule has 1 aromatic carbocycles. The topological polar surface area (TPSA) is 46.3 Å². The number of anilines is 1. The van der Waals surface area contributed by atoms with E-state index in [1.54, 1.807) is 12.1 Å². The second-order valence-corrected chi connectivity index (χ2v) is 7.08. The van der Waals surface area contributed by atoms with Crippen LogP contribution in [0.3, 0.4) is 0 Å². The molecule has 0 unspecified atom stereocenters. The number of nitrogens with two attached hydrogens (primary N) is 1. The molecule has 18 heavy (non-hydrogen) atoms. The molecule has 2 rings (SSSR count). The Bertz CT molecular complexity index is 445. The Labute approximate surface area is 113 Å². The summed E-state index contributed by atoms with van der Waals surface area (Å²) in [6.45, 7) is 6.13. The predicted octanol–water partition coefficient (Wildman–Crippen LogP) is 2.63. The third kappa shape index (κ3) is 3.19. The lowest BCUT2D eigenvalue weighted by Crippen LogP contribution is -2.33. The number of thioether (sulfide) groups is 1. The molecule has 1 aliphatic heterocycles. The van der Waals surface area contributed by atoms with Crippen LogP contribution in [0.5, 0.6) is 0 Å². The maximum absolute atomic E-state index is 12.4. The molecule has 0 bridgehead atoms. The van der Waals surface area contributed by atoms with Gasteiger partial charge in [-0.2, -0.15) is 11.8 Å². The number of hydrogen-bond donors (Lipinski definition) is 1. The van der Waals surface area contributed by atoms with Gasteiger partial charge in [0.2, 0.25) is 0 Å². The zero-order chi connectivity index (χ0) is 13.2. The smallest absolute Gasteiger partial charge is 0.253 e. The summed E-state index contributed by atoms with van der Waals surface area (Å²) in [6.07, 6.45) is 1.03. The molecule has 0 aromatic heterocycles. The lowest BCUT2D eigenvalue weighted by molar-refractivity contribution is 0.0764.